The maximum absolute atomic E-state index is 14.8. The second-order valence-corrected chi connectivity index (χ2v) is 9.73. The smallest absolute Gasteiger partial charge is 0.295 e. The lowest BCUT2D eigenvalue weighted by molar-refractivity contribution is 0.268. The molecule has 0 unspecified atom stereocenters. The Morgan fingerprint density at radius 1 is 1.06 bits per heavy atom. The molecule has 2 aromatic carbocycles. The molecule has 0 aliphatic carbocycles. The molecule has 0 saturated heterocycles. The first-order valence-electron chi connectivity index (χ1n) is 11.0. The summed E-state index contributed by atoms with van der Waals surface area (Å²) in [7, 11) is 1.56. The van der Waals surface area contributed by atoms with Crippen molar-refractivity contribution >= 4 is 26.6 Å². The van der Waals surface area contributed by atoms with Gasteiger partial charge >= 0.3 is 0 Å². The number of pyridine rings is 1. The van der Waals surface area contributed by atoms with Crippen LogP contribution in [0.4, 0.5) is 10.1 Å². The molecule has 0 fully saturated rings. The molecule has 9 nitrogen and oxygen atoms in total. The van der Waals surface area contributed by atoms with E-state index in [1.165, 1.54) is 37.6 Å². The highest BCUT2D eigenvalue weighted by atomic mass is 32.2. The third kappa shape index (κ3) is 5.86. The minimum Gasteiger partial charge on any atom is -0.493 e. The minimum absolute atomic E-state index is 0.0218. The number of hydrogen-bond donors (Lipinski definition) is 1. The van der Waals surface area contributed by atoms with Gasteiger partial charge in [-0.1, -0.05) is 0 Å². The van der Waals surface area contributed by atoms with Gasteiger partial charge in [-0.3, -0.25) is 9.71 Å². The maximum atomic E-state index is 14.8. The van der Waals surface area contributed by atoms with Gasteiger partial charge in [-0.05, 0) is 56.9 Å². The van der Waals surface area contributed by atoms with E-state index in [4.69, 9.17) is 18.6 Å². The van der Waals surface area contributed by atoms with Gasteiger partial charge in [0, 0.05) is 30.3 Å². The Kier molecular flexibility index (Phi) is 7.61. The zero-order valence-corrected chi connectivity index (χ0v) is 20.8. The molecule has 2 aromatic heterocycles. The van der Waals surface area contributed by atoms with E-state index in [0.717, 1.165) is 19.0 Å². The van der Waals surface area contributed by atoms with Crippen LogP contribution in [-0.2, 0) is 10.0 Å². The van der Waals surface area contributed by atoms with Gasteiger partial charge in [0.25, 0.3) is 10.0 Å². The van der Waals surface area contributed by atoms with Crippen LogP contribution in [0.2, 0.25) is 0 Å². The van der Waals surface area contributed by atoms with Gasteiger partial charge < -0.3 is 23.5 Å². The van der Waals surface area contributed by atoms with Crippen LogP contribution in [-0.4, -0.2) is 52.7 Å². The fourth-order valence-corrected chi connectivity index (χ4v) is 4.42. The van der Waals surface area contributed by atoms with Crippen LogP contribution in [0.25, 0.3) is 10.9 Å². The molecule has 4 aromatic rings. The van der Waals surface area contributed by atoms with E-state index in [2.05, 4.69) is 14.6 Å². The van der Waals surface area contributed by atoms with Gasteiger partial charge in [-0.15, -0.1) is 0 Å². The highest BCUT2D eigenvalue weighted by Crippen LogP contribution is 2.38. The molecule has 190 valence electrons. The van der Waals surface area contributed by atoms with Crippen LogP contribution < -0.4 is 18.9 Å². The summed E-state index contributed by atoms with van der Waals surface area (Å²) in [6.45, 7) is 1.40. The van der Waals surface area contributed by atoms with Crippen LogP contribution in [0.5, 0.6) is 23.0 Å². The van der Waals surface area contributed by atoms with Gasteiger partial charge in [0.2, 0.25) is 5.09 Å². The molecule has 0 bridgehead atoms. The van der Waals surface area contributed by atoms with Gasteiger partial charge in [0.05, 0.1) is 31.2 Å². The molecule has 11 heteroatoms. The van der Waals surface area contributed by atoms with E-state index in [1.807, 2.05) is 14.1 Å². The number of benzene rings is 2. The SMILES string of the molecule is COc1cc2c(Oc3ccc(NS(=O)(=O)c4ccco4)cc3F)ccnc2cc1OCCCN(C)C. The molecule has 2 heterocycles. The number of fused-ring (bicyclic) bond motifs is 1. The number of aromatic nitrogens is 1. The standard InChI is InChI=1S/C25H26FN3O6S/c1-29(2)11-5-13-33-24-16-20-18(15-23(24)32-3)21(9-10-27-20)35-22-8-7-17(14-19(22)26)28-36(30,31)25-6-4-12-34-25/h4,6-10,12,14-16,28H,5,11,13H2,1-3H3. The van der Waals surface area contributed by atoms with Crippen molar-refractivity contribution in [3.05, 3.63) is 66.8 Å². The van der Waals surface area contributed by atoms with Crippen LogP contribution in [0, 0.1) is 5.82 Å². The number of rotatable bonds is 11. The molecule has 4 rings (SSSR count). The quantitative estimate of drug-likeness (QED) is 0.282. The van der Waals surface area contributed by atoms with Crippen molar-refractivity contribution in [1.82, 2.24) is 9.88 Å². The molecule has 0 spiro atoms. The maximum Gasteiger partial charge on any atom is 0.295 e. The van der Waals surface area contributed by atoms with Gasteiger partial charge in [0.15, 0.2) is 23.1 Å². The van der Waals surface area contributed by atoms with Gasteiger partial charge in [-0.25, -0.2) is 4.39 Å². The van der Waals surface area contributed by atoms with Crippen LogP contribution in [0.15, 0.2) is 70.5 Å². The molecule has 0 atom stereocenters. The van der Waals surface area contributed by atoms with E-state index >= 15 is 0 Å². The van der Waals surface area contributed by atoms with Crippen molar-refractivity contribution < 1.29 is 31.4 Å². The summed E-state index contributed by atoms with van der Waals surface area (Å²) in [5, 5.41) is 0.318. The number of nitrogens with one attached hydrogen (secondary N) is 1. The fraction of sp³-hybridized carbons (Fsp3) is 0.240. The second-order valence-electron chi connectivity index (χ2n) is 8.12. The highest BCUT2D eigenvalue weighted by molar-refractivity contribution is 7.92. The Balaban J connectivity index is 1.55. The number of halogens is 1. The van der Waals surface area contributed by atoms with Crippen molar-refractivity contribution in [3.8, 4) is 23.0 Å². The first-order chi connectivity index (χ1) is 17.3. The first kappa shape index (κ1) is 25.3. The Bertz CT molecular complexity index is 1440. The minimum atomic E-state index is -3.97. The fourth-order valence-electron chi connectivity index (χ4n) is 3.44. The van der Waals surface area contributed by atoms with E-state index < -0.39 is 15.8 Å². The largest absolute Gasteiger partial charge is 0.493 e. The summed E-state index contributed by atoms with van der Waals surface area (Å²) in [5.74, 6) is 0.542. The summed E-state index contributed by atoms with van der Waals surface area (Å²) in [5.41, 5.74) is 0.604. The summed E-state index contributed by atoms with van der Waals surface area (Å²) in [6.07, 6.45) is 3.63. The lowest BCUT2D eigenvalue weighted by atomic mass is 10.1. The van der Waals surface area contributed by atoms with Crippen LogP contribution in [0.3, 0.4) is 0 Å². The Hall–Kier alpha value is -3.83. The van der Waals surface area contributed by atoms with Crippen LogP contribution >= 0.6 is 0 Å². The van der Waals surface area contributed by atoms with Gasteiger partial charge in [0.1, 0.15) is 5.75 Å². The van der Waals surface area contributed by atoms with E-state index in [1.54, 1.807) is 24.4 Å². The van der Waals surface area contributed by atoms with E-state index in [0.29, 0.717) is 34.8 Å². The summed E-state index contributed by atoms with van der Waals surface area (Å²) >= 11 is 0. The number of sulfonamides is 1. The highest BCUT2D eigenvalue weighted by Gasteiger charge is 2.19. The number of furan rings is 1. The molecule has 0 amide bonds. The lowest BCUT2D eigenvalue weighted by Crippen LogP contribution is -2.15. The van der Waals surface area contributed by atoms with Crippen molar-refractivity contribution in [2.75, 3.05) is 39.1 Å². The molecule has 0 radical (unpaired) electrons. The van der Waals surface area contributed by atoms with Crippen molar-refractivity contribution in [1.29, 1.82) is 0 Å². The van der Waals surface area contributed by atoms with Crippen LogP contribution in [0.1, 0.15) is 6.42 Å². The van der Waals surface area contributed by atoms with Crippen molar-refractivity contribution in [3.63, 3.8) is 0 Å². The zero-order chi connectivity index (χ0) is 25.7. The number of hydrogen-bond acceptors (Lipinski definition) is 8. The molecule has 0 aliphatic rings. The monoisotopic (exact) mass is 515 g/mol. The first-order valence-corrected chi connectivity index (χ1v) is 12.5. The number of ether oxygens (including phenoxy) is 3. The Labute approximate surface area is 208 Å². The van der Waals surface area contributed by atoms with Crippen molar-refractivity contribution in [2.45, 2.75) is 11.5 Å². The number of nitrogens with zero attached hydrogens (tertiary/aromatic N) is 2. The van der Waals surface area contributed by atoms with E-state index in [-0.39, 0.29) is 16.5 Å². The van der Waals surface area contributed by atoms with Crippen molar-refractivity contribution in [2.24, 2.45) is 0 Å². The Morgan fingerprint density at radius 2 is 1.89 bits per heavy atom. The molecular formula is C25H26FN3O6S. The number of anilines is 1. The molecule has 36 heavy (non-hydrogen) atoms. The average Bonchev–Trinajstić information content (AvgIpc) is 3.39. The summed E-state index contributed by atoms with van der Waals surface area (Å²) in [6, 6.07) is 11.6. The topological polar surface area (TPSA) is 103 Å². The number of methoxy groups -OCH3 is 1. The summed E-state index contributed by atoms with van der Waals surface area (Å²) < 4.78 is 63.9. The molecule has 1 N–H and O–H groups in total. The lowest BCUT2D eigenvalue weighted by Gasteiger charge is -2.15. The summed E-state index contributed by atoms with van der Waals surface area (Å²) in [4.78, 5) is 6.45. The molecule has 0 saturated carbocycles. The predicted octanol–water partition coefficient (Wildman–Crippen LogP) is 4.90. The molecule has 0 aliphatic heterocycles. The average molecular weight is 516 g/mol. The molecular weight excluding hydrogens is 489 g/mol. The normalized spacial score (nSPS) is 11.6. The van der Waals surface area contributed by atoms with Gasteiger partial charge in [-0.2, -0.15) is 8.42 Å². The Morgan fingerprint density at radius 3 is 2.58 bits per heavy atom. The predicted molar refractivity (Wildman–Crippen MR) is 133 cm³/mol. The second kappa shape index (κ2) is 10.8. The third-order valence-corrected chi connectivity index (χ3v) is 6.42. The van der Waals surface area contributed by atoms with E-state index in [9.17, 15) is 12.8 Å². The third-order valence-electron chi connectivity index (χ3n) is 5.16. The zero-order valence-electron chi connectivity index (χ0n) is 20.0.